The number of fused-ring (bicyclic) bond motifs is 1. The van der Waals surface area contributed by atoms with Gasteiger partial charge < -0.3 is 4.90 Å². The van der Waals surface area contributed by atoms with Gasteiger partial charge in [0.1, 0.15) is 0 Å². The lowest BCUT2D eigenvalue weighted by molar-refractivity contribution is 0.0354. The number of carbonyl (C=O) groups is 1. The number of hydrogen-bond acceptors (Lipinski definition) is 3. The summed E-state index contributed by atoms with van der Waals surface area (Å²) in [4.78, 5) is 17.7. The maximum Gasteiger partial charge on any atom is 0.293 e. The molecule has 1 fully saturated rings. The van der Waals surface area contributed by atoms with Gasteiger partial charge in [0.2, 0.25) is 5.82 Å². The molecule has 2 aliphatic rings. The second kappa shape index (κ2) is 6.16. The van der Waals surface area contributed by atoms with Crippen LogP contribution in [0.1, 0.15) is 53.5 Å². The maximum absolute atomic E-state index is 14.3. The van der Waals surface area contributed by atoms with E-state index in [4.69, 9.17) is 0 Å². The van der Waals surface area contributed by atoms with Crippen LogP contribution in [-0.2, 0) is 0 Å². The number of alkyl halides is 3. The summed E-state index contributed by atoms with van der Waals surface area (Å²) in [5.41, 5.74) is 0.874. The highest BCUT2D eigenvalue weighted by molar-refractivity contribution is 5.91. The van der Waals surface area contributed by atoms with Crippen LogP contribution in [0.5, 0.6) is 0 Å². The lowest BCUT2D eigenvalue weighted by Crippen LogP contribution is -2.40. The minimum absolute atomic E-state index is 0.0880. The van der Waals surface area contributed by atoms with Crippen LogP contribution in [-0.4, -0.2) is 44.6 Å². The molecule has 0 saturated carbocycles. The third-order valence-electron chi connectivity index (χ3n) is 4.89. The first kappa shape index (κ1) is 16.1. The van der Waals surface area contributed by atoms with Crippen molar-refractivity contribution in [3.8, 4) is 0 Å². The van der Waals surface area contributed by atoms with Crippen molar-refractivity contribution in [2.24, 2.45) is 0 Å². The fourth-order valence-corrected chi connectivity index (χ4v) is 3.66. The van der Waals surface area contributed by atoms with Crippen LogP contribution in [0.2, 0.25) is 0 Å². The van der Waals surface area contributed by atoms with E-state index in [-0.39, 0.29) is 37.1 Å². The first-order valence-corrected chi connectivity index (χ1v) is 8.31. The molecular weight excluding hydrogens is 333 g/mol. The Morgan fingerprint density at radius 3 is 2.72 bits per heavy atom. The first-order valence-electron chi connectivity index (χ1n) is 8.31. The highest BCUT2D eigenvalue weighted by Gasteiger charge is 2.40. The molecule has 3 unspecified atom stereocenters. The first-order chi connectivity index (χ1) is 12.1. The minimum atomic E-state index is -2.60. The Morgan fingerprint density at radius 1 is 1.24 bits per heavy atom. The summed E-state index contributed by atoms with van der Waals surface area (Å²) in [6, 6.07) is 7.83. The van der Waals surface area contributed by atoms with Gasteiger partial charge in [0, 0.05) is 13.0 Å². The smallest absolute Gasteiger partial charge is 0.293 e. The fraction of sp³-hybridized carbons (Fsp3) is 0.471. The molecule has 4 rings (SSSR count). The molecule has 8 heteroatoms. The fourth-order valence-electron chi connectivity index (χ4n) is 3.66. The van der Waals surface area contributed by atoms with E-state index in [1.165, 1.54) is 4.68 Å². The van der Waals surface area contributed by atoms with E-state index in [1.807, 2.05) is 30.3 Å². The molecule has 2 aromatic rings. The number of hydrogen-bond donors (Lipinski definition) is 0. The molecule has 3 heterocycles. The molecule has 1 aromatic carbocycles. The van der Waals surface area contributed by atoms with Crippen LogP contribution < -0.4 is 0 Å². The van der Waals surface area contributed by atoms with Crippen molar-refractivity contribution in [3.05, 3.63) is 47.5 Å². The molecule has 0 spiro atoms. The van der Waals surface area contributed by atoms with E-state index in [9.17, 15) is 18.0 Å². The highest BCUT2D eigenvalue weighted by atomic mass is 19.3. The Hall–Kier alpha value is -2.38. The van der Waals surface area contributed by atoms with Crippen molar-refractivity contribution in [1.82, 2.24) is 19.7 Å². The predicted octanol–water partition coefficient (Wildman–Crippen LogP) is 3.15. The van der Waals surface area contributed by atoms with Gasteiger partial charge in [0.25, 0.3) is 12.3 Å². The van der Waals surface area contributed by atoms with Crippen molar-refractivity contribution in [2.75, 3.05) is 6.54 Å². The third kappa shape index (κ3) is 2.69. The average Bonchev–Trinajstić information content (AvgIpc) is 3.31. The molecular formula is C17H17F3N4O. The van der Waals surface area contributed by atoms with E-state index in [0.717, 1.165) is 10.5 Å². The molecule has 1 amide bonds. The Balaban J connectivity index is 1.64. The van der Waals surface area contributed by atoms with Gasteiger partial charge in [-0.3, -0.25) is 4.79 Å². The van der Waals surface area contributed by atoms with E-state index < -0.39 is 24.5 Å². The number of carbonyl (C=O) groups excluding carboxylic acids is 1. The molecule has 3 atom stereocenters. The van der Waals surface area contributed by atoms with E-state index >= 15 is 0 Å². The zero-order chi connectivity index (χ0) is 17.6. The van der Waals surface area contributed by atoms with Crippen LogP contribution in [0.25, 0.3) is 0 Å². The second-order valence-corrected chi connectivity index (χ2v) is 6.41. The van der Waals surface area contributed by atoms with Crippen molar-refractivity contribution in [2.45, 2.75) is 43.9 Å². The molecule has 2 aliphatic heterocycles. The van der Waals surface area contributed by atoms with E-state index in [2.05, 4.69) is 10.1 Å². The van der Waals surface area contributed by atoms with Gasteiger partial charge >= 0.3 is 0 Å². The number of likely N-dealkylation sites (tertiary alicyclic amines) is 1. The summed E-state index contributed by atoms with van der Waals surface area (Å²) in [6.07, 6.45) is -2.95. The number of nitrogens with zero attached hydrogens (tertiary/aromatic N) is 4. The van der Waals surface area contributed by atoms with Gasteiger partial charge in [0.15, 0.2) is 12.0 Å². The SMILES string of the molecule is O=C(c1nc2n(n1)C(c1ccccc1)CC2F)N1CCCC1C(F)F. The van der Waals surface area contributed by atoms with Crippen molar-refractivity contribution < 1.29 is 18.0 Å². The van der Waals surface area contributed by atoms with Gasteiger partial charge in [0.05, 0.1) is 12.1 Å². The predicted molar refractivity (Wildman–Crippen MR) is 83.1 cm³/mol. The van der Waals surface area contributed by atoms with Gasteiger partial charge in [-0.15, -0.1) is 5.10 Å². The van der Waals surface area contributed by atoms with Crippen molar-refractivity contribution in [1.29, 1.82) is 0 Å². The number of rotatable bonds is 3. The molecule has 1 saturated heterocycles. The Labute approximate surface area is 142 Å². The lowest BCUT2D eigenvalue weighted by atomic mass is 10.0. The Morgan fingerprint density at radius 2 is 2.00 bits per heavy atom. The summed E-state index contributed by atoms with van der Waals surface area (Å²) in [5.74, 6) is -0.764. The van der Waals surface area contributed by atoms with Crippen LogP contribution in [0.3, 0.4) is 0 Å². The third-order valence-corrected chi connectivity index (χ3v) is 4.89. The quantitative estimate of drug-likeness (QED) is 0.854. The van der Waals surface area contributed by atoms with Crippen molar-refractivity contribution in [3.63, 3.8) is 0 Å². The van der Waals surface area contributed by atoms with E-state index in [0.29, 0.717) is 6.42 Å². The van der Waals surface area contributed by atoms with Gasteiger partial charge in [-0.25, -0.2) is 22.8 Å². The standard InChI is InChI=1S/C17H17F3N4O/c18-11-9-13(10-5-2-1-3-6-10)24-16(11)21-15(22-24)17(25)23-8-4-7-12(23)14(19)20/h1-3,5-6,11-14H,4,7-9H2. The summed E-state index contributed by atoms with van der Waals surface area (Å²) >= 11 is 0. The summed E-state index contributed by atoms with van der Waals surface area (Å²) in [5, 5.41) is 4.17. The molecule has 0 N–H and O–H groups in total. The van der Waals surface area contributed by atoms with Crippen LogP contribution >= 0.6 is 0 Å². The normalized spacial score (nSPS) is 25.6. The highest BCUT2D eigenvalue weighted by Crippen LogP contribution is 2.39. The number of benzene rings is 1. The Bertz CT molecular complexity index is 779. The molecule has 0 aliphatic carbocycles. The van der Waals surface area contributed by atoms with Gasteiger partial charge in [-0.1, -0.05) is 30.3 Å². The van der Waals surface area contributed by atoms with Gasteiger partial charge in [-0.2, -0.15) is 0 Å². The summed E-state index contributed by atoms with van der Waals surface area (Å²) in [6.45, 7) is 0.249. The van der Waals surface area contributed by atoms with E-state index in [1.54, 1.807) is 0 Å². The average molecular weight is 350 g/mol. The zero-order valence-electron chi connectivity index (χ0n) is 13.4. The van der Waals surface area contributed by atoms with Crippen molar-refractivity contribution >= 4 is 5.91 Å². The molecule has 25 heavy (non-hydrogen) atoms. The zero-order valence-corrected chi connectivity index (χ0v) is 13.4. The molecule has 5 nitrogen and oxygen atoms in total. The summed E-state index contributed by atoms with van der Waals surface area (Å²) in [7, 11) is 0. The molecule has 132 valence electrons. The second-order valence-electron chi connectivity index (χ2n) is 6.41. The van der Waals surface area contributed by atoms with Crippen LogP contribution in [0.15, 0.2) is 30.3 Å². The number of amides is 1. The summed E-state index contributed by atoms with van der Waals surface area (Å²) < 4.78 is 41.9. The van der Waals surface area contributed by atoms with Crippen LogP contribution in [0.4, 0.5) is 13.2 Å². The monoisotopic (exact) mass is 350 g/mol. The number of aromatic nitrogens is 3. The molecule has 0 radical (unpaired) electrons. The maximum atomic E-state index is 14.3. The lowest BCUT2D eigenvalue weighted by Gasteiger charge is -2.22. The Kier molecular flexibility index (Phi) is 3.97. The topological polar surface area (TPSA) is 51.0 Å². The van der Waals surface area contributed by atoms with Gasteiger partial charge in [-0.05, 0) is 18.4 Å². The van der Waals surface area contributed by atoms with Crippen LogP contribution in [0, 0.1) is 0 Å². The number of halogens is 3. The molecule has 0 bridgehead atoms. The minimum Gasteiger partial charge on any atom is -0.327 e. The molecule has 1 aromatic heterocycles. The largest absolute Gasteiger partial charge is 0.327 e.